The van der Waals surface area contributed by atoms with Crippen LogP contribution in [0.1, 0.15) is 0 Å². The zero-order chi connectivity index (χ0) is 5.11. The van der Waals surface area contributed by atoms with Crippen molar-refractivity contribution in [2.45, 2.75) is 0 Å². The van der Waals surface area contributed by atoms with Crippen molar-refractivity contribution in [2.75, 3.05) is 0 Å². The molecule has 0 saturated heterocycles. The van der Waals surface area contributed by atoms with E-state index < -0.39 is 0 Å². The minimum atomic E-state index is 1.44. The van der Waals surface area contributed by atoms with Crippen LogP contribution in [0.15, 0.2) is 18.7 Å². The van der Waals surface area contributed by atoms with Gasteiger partial charge in [-0.25, -0.2) is 0 Å². The Morgan fingerprint density at radius 1 is 1.71 bits per heavy atom. The van der Waals surface area contributed by atoms with Crippen molar-refractivity contribution < 1.29 is 19.4 Å². The molecule has 0 atom stereocenters. The predicted octanol–water partition coefficient (Wildman–Crippen LogP) is 0.0377. The number of rotatable bonds is 1. The van der Waals surface area contributed by atoms with Crippen molar-refractivity contribution in [1.29, 1.82) is 0 Å². The van der Waals surface area contributed by atoms with Gasteiger partial charge in [-0.2, -0.15) is 0 Å². The Morgan fingerprint density at radius 2 is 2.57 bits per heavy atom. The fraction of sp³-hybridized carbons (Fsp3) is 0. The van der Waals surface area contributed by atoms with Crippen molar-refractivity contribution >= 4 is 4.52 Å². The van der Waals surface area contributed by atoms with Gasteiger partial charge in [0.1, 0.15) is 0 Å². The van der Waals surface area contributed by atoms with Crippen LogP contribution in [0.25, 0.3) is 0 Å². The second-order valence-electron chi connectivity index (χ2n) is 1.12. The van der Waals surface area contributed by atoms with Gasteiger partial charge in [-0.3, -0.25) is 0 Å². The second-order valence-corrected chi connectivity index (χ2v) is 1.87. The van der Waals surface area contributed by atoms with Crippen LogP contribution in [0.3, 0.4) is 0 Å². The Morgan fingerprint density at radius 3 is 2.86 bits per heavy atom. The summed E-state index contributed by atoms with van der Waals surface area (Å²) in [5.74, 6) is 0. The summed E-state index contributed by atoms with van der Waals surface area (Å²) in [7, 11) is 0. The minimum absolute atomic E-state index is 1.44. The molecule has 0 N–H and O–H groups in total. The van der Waals surface area contributed by atoms with E-state index in [1.54, 1.807) is 12.5 Å². The third-order valence-electron chi connectivity index (χ3n) is 0.647. The van der Waals surface area contributed by atoms with Crippen LogP contribution in [0.4, 0.5) is 0 Å². The first-order valence-electron chi connectivity index (χ1n) is 1.86. The van der Waals surface area contributed by atoms with Crippen LogP contribution < -0.4 is 0 Å². The summed E-state index contributed by atoms with van der Waals surface area (Å²) < 4.78 is 3.95. The Hall–Kier alpha value is -0.232. The first-order valence-corrected chi connectivity index (χ1v) is 3.55. The monoisotopic (exact) mass is 264 g/mol. The van der Waals surface area contributed by atoms with Gasteiger partial charge >= 0.3 is 52.2 Å². The summed E-state index contributed by atoms with van der Waals surface area (Å²) in [6, 6.07) is 0. The van der Waals surface area contributed by atoms with E-state index in [4.69, 9.17) is 0 Å². The van der Waals surface area contributed by atoms with Gasteiger partial charge in [-0.15, -0.1) is 0 Å². The summed E-state index contributed by atoms with van der Waals surface area (Å²) in [5.41, 5.74) is 0. The summed E-state index contributed by atoms with van der Waals surface area (Å²) in [6.45, 7) is 0. The van der Waals surface area contributed by atoms with Crippen LogP contribution in [0, 0.1) is 0 Å². The standard InChI is InChI=1S/C4H4N2.W/c1-6-3-2-5-4-6;/h1-4H;. The molecule has 0 amide bonds. The van der Waals surface area contributed by atoms with E-state index in [0.717, 1.165) is 0 Å². The number of hydrogen-bond acceptors (Lipinski definition) is 1. The molecule has 0 fully saturated rings. The molecule has 1 heterocycles. The Bertz CT molecular complexity index is 145. The Labute approximate surface area is 52.6 Å². The van der Waals surface area contributed by atoms with Crippen molar-refractivity contribution in [1.82, 2.24) is 9.55 Å². The quantitative estimate of drug-likeness (QED) is 0.700. The molecule has 0 aliphatic carbocycles. The molecule has 0 saturated carbocycles. The number of hydrogen-bond donors (Lipinski definition) is 0. The van der Waals surface area contributed by atoms with Gasteiger partial charge in [0.25, 0.3) is 0 Å². The summed E-state index contributed by atoms with van der Waals surface area (Å²) >= 11 is 1.44. The summed E-state index contributed by atoms with van der Waals surface area (Å²) in [5, 5.41) is 0. The molecule has 0 unspecified atom stereocenters. The molecule has 0 bridgehead atoms. The molecule has 0 aliphatic rings. The maximum atomic E-state index is 3.84. The molecule has 0 aliphatic heterocycles. The van der Waals surface area contributed by atoms with Crippen LogP contribution in [-0.2, 0) is 19.4 Å². The normalized spacial score (nSPS) is 8.57. The molecule has 2 nitrogen and oxygen atoms in total. The van der Waals surface area contributed by atoms with Crippen LogP contribution in [0.2, 0.25) is 0 Å². The molecule has 0 spiro atoms. The van der Waals surface area contributed by atoms with E-state index in [1.165, 1.54) is 19.4 Å². The first-order chi connectivity index (χ1) is 3.43. The van der Waals surface area contributed by atoms with E-state index in [-0.39, 0.29) is 0 Å². The summed E-state index contributed by atoms with van der Waals surface area (Å²) in [4.78, 5) is 3.84. The van der Waals surface area contributed by atoms with E-state index in [0.29, 0.717) is 0 Å². The molecular formula is C4H4N2W. The fourth-order valence-corrected chi connectivity index (χ4v) is 0.780. The molecule has 7 heavy (non-hydrogen) atoms. The average Bonchev–Trinajstić information content (AvgIpc) is 2.14. The van der Waals surface area contributed by atoms with Crippen molar-refractivity contribution in [3.63, 3.8) is 0 Å². The van der Waals surface area contributed by atoms with E-state index in [1.807, 2.05) is 15.3 Å². The van der Waals surface area contributed by atoms with Gasteiger partial charge in [0.2, 0.25) is 0 Å². The van der Waals surface area contributed by atoms with Gasteiger partial charge < -0.3 is 0 Å². The molecule has 0 radical (unpaired) electrons. The maximum absolute atomic E-state index is 3.84. The average molecular weight is 264 g/mol. The van der Waals surface area contributed by atoms with Gasteiger partial charge in [0.15, 0.2) is 0 Å². The zero-order valence-corrected chi connectivity index (χ0v) is 6.55. The third-order valence-corrected chi connectivity index (χ3v) is 1.52. The SMILES string of the molecule is [W]=[CH]n1ccnc1. The molecule has 1 aromatic heterocycles. The molecule has 1 rings (SSSR count). The third kappa shape index (κ3) is 1.07. The molecule has 3 heteroatoms. The van der Waals surface area contributed by atoms with Crippen LogP contribution in [0.5, 0.6) is 0 Å². The van der Waals surface area contributed by atoms with Crippen molar-refractivity contribution in [3.05, 3.63) is 18.7 Å². The summed E-state index contributed by atoms with van der Waals surface area (Å²) in [6.07, 6.45) is 5.44. The zero-order valence-electron chi connectivity index (χ0n) is 3.61. The predicted molar refractivity (Wildman–Crippen MR) is 23.7 cm³/mol. The van der Waals surface area contributed by atoms with E-state index >= 15 is 0 Å². The van der Waals surface area contributed by atoms with Gasteiger partial charge in [0, 0.05) is 0 Å². The molecule has 0 aromatic carbocycles. The van der Waals surface area contributed by atoms with Crippen LogP contribution >= 0.6 is 0 Å². The number of nitrogens with zero attached hydrogens (tertiary/aromatic N) is 2. The molecule has 1 aromatic rings. The van der Waals surface area contributed by atoms with Crippen molar-refractivity contribution in [2.24, 2.45) is 0 Å². The number of aromatic nitrogens is 2. The van der Waals surface area contributed by atoms with E-state index in [9.17, 15) is 0 Å². The fourth-order valence-electron chi connectivity index (χ4n) is 0.332. The van der Waals surface area contributed by atoms with Gasteiger partial charge in [0.05, 0.1) is 0 Å². The van der Waals surface area contributed by atoms with Crippen molar-refractivity contribution in [3.8, 4) is 0 Å². The van der Waals surface area contributed by atoms with Gasteiger partial charge in [-0.1, -0.05) is 0 Å². The van der Waals surface area contributed by atoms with E-state index in [2.05, 4.69) is 4.98 Å². The Kier molecular flexibility index (Phi) is 1.53. The Balaban J connectivity index is 2.96. The first kappa shape index (κ1) is 4.92. The second kappa shape index (κ2) is 2.17. The molecular weight excluding hydrogens is 260 g/mol. The van der Waals surface area contributed by atoms with Gasteiger partial charge in [-0.05, 0) is 0 Å². The molecule has 36 valence electrons. The topological polar surface area (TPSA) is 17.8 Å². The van der Waals surface area contributed by atoms with Crippen LogP contribution in [-0.4, -0.2) is 14.1 Å². The number of imidazole rings is 1.